The van der Waals surface area contributed by atoms with E-state index in [0.29, 0.717) is 5.69 Å². The predicted molar refractivity (Wildman–Crippen MR) is 81.1 cm³/mol. The number of nitrogens with one attached hydrogen (secondary N) is 1. The topological polar surface area (TPSA) is 53.9 Å². The Hall–Kier alpha value is -2.52. The van der Waals surface area contributed by atoms with Gasteiger partial charge in [-0.05, 0) is 19.1 Å². The van der Waals surface area contributed by atoms with Crippen molar-refractivity contribution in [2.24, 2.45) is 0 Å². The van der Waals surface area contributed by atoms with E-state index in [2.05, 4.69) is 20.3 Å². The summed E-state index contributed by atoms with van der Waals surface area (Å²) >= 11 is 0. The molecule has 1 N–H and O–H groups in total. The zero-order chi connectivity index (χ0) is 18.2. The van der Waals surface area contributed by atoms with E-state index in [4.69, 9.17) is 0 Å². The van der Waals surface area contributed by atoms with Crippen LogP contribution in [0.3, 0.4) is 0 Å². The number of nitrogens with zero attached hydrogens (tertiary/aromatic N) is 4. The molecule has 1 aliphatic heterocycles. The fourth-order valence-electron chi connectivity index (χ4n) is 2.43. The molecule has 134 valence electrons. The molecular weight excluding hydrogens is 345 g/mol. The van der Waals surface area contributed by atoms with Gasteiger partial charge in [0.2, 0.25) is 0 Å². The Kier molecular flexibility index (Phi) is 4.21. The number of aromatic nitrogens is 3. The first kappa shape index (κ1) is 17.3. The first-order chi connectivity index (χ1) is 11.6. The molecule has 0 aromatic carbocycles. The Morgan fingerprint density at radius 1 is 1.12 bits per heavy atom. The van der Waals surface area contributed by atoms with E-state index in [1.54, 1.807) is 6.92 Å². The van der Waals surface area contributed by atoms with Crippen LogP contribution in [-0.2, 0) is 6.18 Å². The van der Waals surface area contributed by atoms with Gasteiger partial charge in [-0.2, -0.15) is 13.2 Å². The van der Waals surface area contributed by atoms with Gasteiger partial charge < -0.3 is 10.2 Å². The van der Waals surface area contributed by atoms with Crippen LogP contribution >= 0.6 is 0 Å². The monoisotopic (exact) mass is 359 g/mol. The third-order valence-electron chi connectivity index (χ3n) is 3.67. The molecule has 0 spiro atoms. The smallest absolute Gasteiger partial charge is 0.350 e. The molecule has 2 aromatic heterocycles. The lowest BCUT2D eigenvalue weighted by Crippen LogP contribution is -2.26. The lowest BCUT2D eigenvalue weighted by molar-refractivity contribution is -0.137. The van der Waals surface area contributed by atoms with Gasteiger partial charge in [-0.25, -0.2) is 18.7 Å². The van der Waals surface area contributed by atoms with Gasteiger partial charge in [-0.3, -0.25) is 4.98 Å². The minimum absolute atomic E-state index is 0.0644. The molecule has 0 amide bonds. The zero-order valence-electron chi connectivity index (χ0n) is 13.1. The second-order valence-electron chi connectivity index (χ2n) is 5.79. The highest BCUT2D eigenvalue weighted by atomic mass is 19.4. The fraction of sp³-hybridized carbons (Fsp3) is 0.400. The van der Waals surface area contributed by atoms with Gasteiger partial charge >= 0.3 is 6.18 Å². The SMILES string of the molecule is Cc1cnc(Nc2cc(C(F)(F)F)cc(N3CCC(F)(F)C3)n2)cn1. The first-order valence-corrected chi connectivity index (χ1v) is 7.40. The quantitative estimate of drug-likeness (QED) is 0.845. The number of anilines is 3. The summed E-state index contributed by atoms with van der Waals surface area (Å²) in [6.45, 7) is 0.987. The van der Waals surface area contributed by atoms with Crippen molar-refractivity contribution in [3.05, 3.63) is 35.8 Å². The third kappa shape index (κ3) is 4.12. The number of halogens is 5. The molecule has 0 aliphatic carbocycles. The minimum atomic E-state index is -4.63. The van der Waals surface area contributed by atoms with Crippen LogP contribution in [0.25, 0.3) is 0 Å². The van der Waals surface area contributed by atoms with Gasteiger partial charge in [0.25, 0.3) is 5.92 Å². The molecule has 0 saturated carbocycles. The third-order valence-corrected chi connectivity index (χ3v) is 3.67. The summed E-state index contributed by atoms with van der Waals surface area (Å²) in [6.07, 6.45) is -2.26. The molecule has 0 bridgehead atoms. The normalized spacial score (nSPS) is 17.0. The maximum atomic E-state index is 13.4. The first-order valence-electron chi connectivity index (χ1n) is 7.40. The summed E-state index contributed by atoms with van der Waals surface area (Å²) in [5.74, 6) is -3.03. The molecule has 10 heteroatoms. The fourth-order valence-corrected chi connectivity index (χ4v) is 2.43. The van der Waals surface area contributed by atoms with Crippen LogP contribution < -0.4 is 10.2 Å². The average Bonchev–Trinajstić information content (AvgIpc) is 2.89. The van der Waals surface area contributed by atoms with E-state index in [1.807, 2.05) is 0 Å². The van der Waals surface area contributed by atoms with Crippen LogP contribution in [0.2, 0.25) is 0 Å². The van der Waals surface area contributed by atoms with Crippen LogP contribution in [0.15, 0.2) is 24.5 Å². The Morgan fingerprint density at radius 3 is 2.44 bits per heavy atom. The molecule has 0 unspecified atom stereocenters. The van der Waals surface area contributed by atoms with Gasteiger partial charge in [-0.1, -0.05) is 0 Å². The molecule has 3 rings (SSSR count). The lowest BCUT2D eigenvalue weighted by atomic mass is 10.2. The van der Waals surface area contributed by atoms with Gasteiger partial charge in [0.1, 0.15) is 17.5 Å². The molecule has 1 saturated heterocycles. The highest BCUT2D eigenvalue weighted by molar-refractivity contribution is 5.57. The summed E-state index contributed by atoms with van der Waals surface area (Å²) in [5.41, 5.74) is -0.335. The molecule has 2 aromatic rings. The Morgan fingerprint density at radius 2 is 1.88 bits per heavy atom. The van der Waals surface area contributed by atoms with E-state index in [1.165, 1.54) is 12.4 Å². The maximum Gasteiger partial charge on any atom is 0.416 e. The summed E-state index contributed by atoms with van der Waals surface area (Å²) in [6, 6.07) is 1.58. The maximum absolute atomic E-state index is 13.4. The molecule has 1 aliphatic rings. The summed E-state index contributed by atoms with van der Waals surface area (Å²) in [4.78, 5) is 13.1. The molecule has 0 radical (unpaired) electrons. The van der Waals surface area contributed by atoms with E-state index in [-0.39, 0.29) is 24.0 Å². The van der Waals surface area contributed by atoms with Gasteiger partial charge in [0.05, 0.1) is 30.2 Å². The Bertz CT molecular complexity index is 760. The molecule has 1 fully saturated rings. The molecule has 0 atom stereocenters. The molecule has 25 heavy (non-hydrogen) atoms. The lowest BCUT2D eigenvalue weighted by Gasteiger charge is -2.20. The second kappa shape index (κ2) is 6.08. The number of alkyl halides is 5. The summed E-state index contributed by atoms with van der Waals surface area (Å²) in [7, 11) is 0. The summed E-state index contributed by atoms with van der Waals surface area (Å²) in [5, 5.41) is 2.63. The van der Waals surface area contributed by atoms with Crippen molar-refractivity contribution in [1.29, 1.82) is 0 Å². The highest BCUT2D eigenvalue weighted by Gasteiger charge is 2.40. The van der Waals surface area contributed by atoms with Crippen molar-refractivity contribution in [2.45, 2.75) is 25.4 Å². The average molecular weight is 359 g/mol. The van der Waals surface area contributed by atoms with Crippen LogP contribution in [0.5, 0.6) is 0 Å². The van der Waals surface area contributed by atoms with Crippen molar-refractivity contribution in [3.63, 3.8) is 0 Å². The Labute approximate surface area is 139 Å². The van der Waals surface area contributed by atoms with Crippen molar-refractivity contribution in [3.8, 4) is 0 Å². The number of aryl methyl sites for hydroxylation is 1. The zero-order valence-corrected chi connectivity index (χ0v) is 13.1. The van der Waals surface area contributed by atoms with Crippen LogP contribution in [0.1, 0.15) is 17.7 Å². The van der Waals surface area contributed by atoms with Crippen LogP contribution in [0.4, 0.5) is 39.4 Å². The van der Waals surface area contributed by atoms with Crippen molar-refractivity contribution < 1.29 is 22.0 Å². The van der Waals surface area contributed by atoms with Gasteiger partial charge in [0.15, 0.2) is 0 Å². The van der Waals surface area contributed by atoms with E-state index in [9.17, 15) is 22.0 Å². The number of pyridine rings is 1. The second-order valence-corrected chi connectivity index (χ2v) is 5.79. The van der Waals surface area contributed by atoms with Crippen molar-refractivity contribution in [2.75, 3.05) is 23.3 Å². The predicted octanol–water partition coefficient (Wildman–Crippen LogP) is 3.79. The Balaban J connectivity index is 1.94. The molecule has 5 nitrogen and oxygen atoms in total. The van der Waals surface area contributed by atoms with E-state index in [0.717, 1.165) is 17.0 Å². The van der Waals surface area contributed by atoms with E-state index >= 15 is 0 Å². The standard InChI is InChI=1S/C15H14F5N5/c1-9-6-22-12(7-21-9)23-11-4-10(15(18,19)20)5-13(24-11)25-3-2-14(16,17)8-25/h4-7H,2-3,8H2,1H3,(H,22,23,24). The number of hydrogen-bond acceptors (Lipinski definition) is 5. The minimum Gasteiger partial charge on any atom is -0.350 e. The van der Waals surface area contributed by atoms with Gasteiger partial charge in [-0.15, -0.1) is 0 Å². The van der Waals surface area contributed by atoms with Crippen LogP contribution in [-0.4, -0.2) is 34.0 Å². The van der Waals surface area contributed by atoms with Crippen LogP contribution in [0, 0.1) is 6.92 Å². The number of hydrogen-bond donors (Lipinski definition) is 1. The van der Waals surface area contributed by atoms with Gasteiger partial charge in [0, 0.05) is 13.0 Å². The number of rotatable bonds is 3. The molecular formula is C15H14F5N5. The molecule has 3 heterocycles. The van der Waals surface area contributed by atoms with E-state index < -0.39 is 30.6 Å². The summed E-state index contributed by atoms with van der Waals surface area (Å²) < 4.78 is 66.1. The van der Waals surface area contributed by atoms with Crippen molar-refractivity contribution >= 4 is 17.5 Å². The largest absolute Gasteiger partial charge is 0.416 e. The highest BCUT2D eigenvalue weighted by Crippen LogP contribution is 2.36. The van der Waals surface area contributed by atoms with Crippen molar-refractivity contribution in [1.82, 2.24) is 15.0 Å².